The van der Waals surface area contributed by atoms with Gasteiger partial charge in [-0.05, 0) is 23.8 Å². The van der Waals surface area contributed by atoms with Gasteiger partial charge in [-0.2, -0.15) is 0 Å². The standard InChI is InChI=1S/C20H21N3O4/c1-12(24)21-20(27-3)18-19(25)22-16-7-5-4-6-15(16)17(23-18)13-8-10-14(26-2)11-9-13/h4-11,17,23H,1-3H3,(H,21,24)(H,22,25)/b20-18+/t17-/m1/s1. The average molecular weight is 367 g/mol. The van der Waals surface area contributed by atoms with Crippen molar-refractivity contribution < 1.29 is 19.1 Å². The molecule has 1 aliphatic heterocycles. The van der Waals surface area contributed by atoms with Gasteiger partial charge >= 0.3 is 0 Å². The first-order valence-electron chi connectivity index (χ1n) is 8.40. The van der Waals surface area contributed by atoms with Crippen molar-refractivity contribution in [1.82, 2.24) is 10.6 Å². The summed E-state index contributed by atoms with van der Waals surface area (Å²) >= 11 is 0. The van der Waals surface area contributed by atoms with Crippen LogP contribution in [0.3, 0.4) is 0 Å². The highest BCUT2D eigenvalue weighted by atomic mass is 16.5. The third-order valence-electron chi connectivity index (χ3n) is 4.21. The molecule has 0 aromatic heterocycles. The lowest BCUT2D eigenvalue weighted by Crippen LogP contribution is -2.33. The Morgan fingerprint density at radius 2 is 1.78 bits per heavy atom. The van der Waals surface area contributed by atoms with Crippen LogP contribution < -0.4 is 20.7 Å². The van der Waals surface area contributed by atoms with Gasteiger partial charge in [0, 0.05) is 18.2 Å². The van der Waals surface area contributed by atoms with E-state index >= 15 is 0 Å². The van der Waals surface area contributed by atoms with Crippen molar-refractivity contribution in [3.05, 3.63) is 71.2 Å². The van der Waals surface area contributed by atoms with Gasteiger partial charge in [-0.15, -0.1) is 0 Å². The van der Waals surface area contributed by atoms with Crippen molar-refractivity contribution in [1.29, 1.82) is 0 Å². The molecule has 3 rings (SSSR count). The van der Waals surface area contributed by atoms with Crippen LogP contribution in [0.1, 0.15) is 24.1 Å². The molecule has 0 spiro atoms. The van der Waals surface area contributed by atoms with E-state index in [1.165, 1.54) is 14.0 Å². The lowest BCUT2D eigenvalue weighted by molar-refractivity contribution is -0.119. The molecule has 0 radical (unpaired) electrons. The zero-order chi connectivity index (χ0) is 19.4. The number of nitrogens with one attached hydrogen (secondary N) is 3. The first kappa shape index (κ1) is 18.3. The van der Waals surface area contributed by atoms with E-state index in [4.69, 9.17) is 9.47 Å². The number of hydrogen-bond acceptors (Lipinski definition) is 5. The van der Waals surface area contributed by atoms with Crippen molar-refractivity contribution in [3.8, 4) is 5.75 Å². The van der Waals surface area contributed by atoms with Gasteiger partial charge in [0.2, 0.25) is 11.8 Å². The molecule has 2 amide bonds. The summed E-state index contributed by atoms with van der Waals surface area (Å²) in [5.74, 6) is 0.0635. The van der Waals surface area contributed by atoms with Gasteiger partial charge in [0.1, 0.15) is 5.75 Å². The van der Waals surface area contributed by atoms with Crippen LogP contribution in [0.5, 0.6) is 5.75 Å². The lowest BCUT2D eigenvalue weighted by Gasteiger charge is -2.21. The Morgan fingerprint density at radius 3 is 2.41 bits per heavy atom. The molecule has 140 valence electrons. The molecule has 0 unspecified atom stereocenters. The van der Waals surface area contributed by atoms with Crippen molar-refractivity contribution in [3.63, 3.8) is 0 Å². The summed E-state index contributed by atoms with van der Waals surface area (Å²) in [5, 5.41) is 8.64. The van der Waals surface area contributed by atoms with Crippen LogP contribution in [0.4, 0.5) is 5.69 Å². The Bertz CT molecular complexity index is 890. The summed E-state index contributed by atoms with van der Waals surface area (Å²) in [6.45, 7) is 1.35. The molecule has 0 saturated heterocycles. The predicted octanol–water partition coefficient (Wildman–Crippen LogP) is 2.28. The number of amides is 2. The topological polar surface area (TPSA) is 88.7 Å². The van der Waals surface area contributed by atoms with Gasteiger partial charge in [-0.25, -0.2) is 0 Å². The van der Waals surface area contributed by atoms with E-state index in [1.54, 1.807) is 7.11 Å². The van der Waals surface area contributed by atoms with Gasteiger partial charge in [0.15, 0.2) is 5.70 Å². The van der Waals surface area contributed by atoms with Crippen molar-refractivity contribution in [2.75, 3.05) is 19.5 Å². The van der Waals surface area contributed by atoms with Crippen LogP contribution in [0, 0.1) is 0 Å². The third-order valence-corrected chi connectivity index (χ3v) is 4.21. The SMILES string of the molecule is CO/C(NC(C)=O)=C1/N[C@H](c2ccc(OC)cc2)c2ccccc2NC1=O. The predicted molar refractivity (Wildman–Crippen MR) is 101 cm³/mol. The lowest BCUT2D eigenvalue weighted by atomic mass is 9.97. The number of methoxy groups -OCH3 is 2. The number of hydrogen-bond donors (Lipinski definition) is 3. The molecule has 27 heavy (non-hydrogen) atoms. The summed E-state index contributed by atoms with van der Waals surface area (Å²) in [6.07, 6.45) is 0. The largest absolute Gasteiger partial charge is 0.497 e. The molecule has 1 aliphatic rings. The molecule has 2 aromatic carbocycles. The van der Waals surface area contributed by atoms with Crippen molar-refractivity contribution in [2.45, 2.75) is 13.0 Å². The average Bonchev–Trinajstić information content (AvgIpc) is 2.82. The second kappa shape index (κ2) is 7.82. The van der Waals surface area contributed by atoms with Crippen LogP contribution in [-0.2, 0) is 14.3 Å². The Labute approximate surface area is 157 Å². The highest BCUT2D eigenvalue weighted by molar-refractivity contribution is 6.05. The number of carbonyl (C=O) groups is 2. The second-order valence-electron chi connectivity index (χ2n) is 5.98. The molecule has 1 atom stereocenters. The Balaban J connectivity index is 2.11. The zero-order valence-electron chi connectivity index (χ0n) is 15.3. The number of benzene rings is 2. The van der Waals surface area contributed by atoms with Crippen molar-refractivity contribution in [2.24, 2.45) is 0 Å². The van der Waals surface area contributed by atoms with Crippen LogP contribution >= 0.6 is 0 Å². The smallest absolute Gasteiger partial charge is 0.277 e. The number of ether oxygens (including phenoxy) is 2. The second-order valence-corrected chi connectivity index (χ2v) is 5.98. The highest BCUT2D eigenvalue weighted by Crippen LogP contribution is 2.33. The Kier molecular flexibility index (Phi) is 5.30. The Morgan fingerprint density at radius 1 is 1.07 bits per heavy atom. The summed E-state index contributed by atoms with van der Waals surface area (Å²) in [7, 11) is 3.00. The van der Waals surface area contributed by atoms with Gasteiger partial charge in [0.05, 0.1) is 20.3 Å². The van der Waals surface area contributed by atoms with E-state index < -0.39 is 5.91 Å². The number of para-hydroxylation sites is 1. The van der Waals surface area contributed by atoms with Gasteiger partial charge < -0.3 is 20.1 Å². The molecule has 0 bridgehead atoms. The van der Waals surface area contributed by atoms with Crippen LogP contribution in [0.2, 0.25) is 0 Å². The highest BCUT2D eigenvalue weighted by Gasteiger charge is 2.29. The fraction of sp³-hybridized carbons (Fsp3) is 0.200. The van der Waals surface area contributed by atoms with E-state index in [0.29, 0.717) is 5.69 Å². The van der Waals surface area contributed by atoms with Gasteiger partial charge in [-0.3, -0.25) is 14.9 Å². The number of rotatable bonds is 4. The van der Waals surface area contributed by atoms with E-state index in [2.05, 4.69) is 16.0 Å². The maximum absolute atomic E-state index is 12.8. The molecule has 3 N–H and O–H groups in total. The molecule has 1 heterocycles. The minimum Gasteiger partial charge on any atom is -0.497 e. The van der Waals surface area contributed by atoms with E-state index in [9.17, 15) is 9.59 Å². The first-order valence-corrected chi connectivity index (χ1v) is 8.40. The van der Waals surface area contributed by atoms with Crippen LogP contribution in [0.15, 0.2) is 60.1 Å². The Hall–Kier alpha value is -3.48. The van der Waals surface area contributed by atoms with Crippen LogP contribution in [0.25, 0.3) is 0 Å². The third kappa shape index (κ3) is 3.87. The molecule has 0 aliphatic carbocycles. The summed E-state index contributed by atoms with van der Waals surface area (Å²) in [5.41, 5.74) is 2.65. The van der Waals surface area contributed by atoms with Gasteiger partial charge in [0.25, 0.3) is 5.91 Å². The molecular weight excluding hydrogens is 346 g/mol. The molecule has 0 saturated carbocycles. The molecule has 2 aromatic rings. The molecule has 0 fully saturated rings. The minimum absolute atomic E-state index is 0.0614. The first-order chi connectivity index (χ1) is 13.0. The monoisotopic (exact) mass is 367 g/mol. The van der Waals surface area contributed by atoms with E-state index in [1.807, 2.05) is 48.5 Å². The normalized spacial score (nSPS) is 17.6. The van der Waals surface area contributed by atoms with Crippen LogP contribution in [-0.4, -0.2) is 26.0 Å². The number of anilines is 1. The number of fused-ring (bicyclic) bond motifs is 1. The summed E-state index contributed by atoms with van der Waals surface area (Å²) < 4.78 is 10.5. The van der Waals surface area contributed by atoms with E-state index in [0.717, 1.165) is 16.9 Å². The maximum atomic E-state index is 12.8. The zero-order valence-corrected chi connectivity index (χ0v) is 15.3. The maximum Gasteiger partial charge on any atom is 0.277 e. The van der Waals surface area contributed by atoms with Crippen molar-refractivity contribution >= 4 is 17.5 Å². The summed E-state index contributed by atoms with van der Waals surface area (Å²) in [6, 6.07) is 14.7. The minimum atomic E-state index is -0.399. The fourth-order valence-corrected chi connectivity index (χ4v) is 2.94. The summed E-state index contributed by atoms with van der Waals surface area (Å²) in [4.78, 5) is 24.2. The number of carbonyl (C=O) groups excluding carboxylic acids is 2. The van der Waals surface area contributed by atoms with E-state index in [-0.39, 0.29) is 23.5 Å². The fourth-order valence-electron chi connectivity index (χ4n) is 2.94. The molecular formula is C20H21N3O4. The molecule has 7 nitrogen and oxygen atoms in total. The molecule has 7 heteroatoms. The quantitative estimate of drug-likeness (QED) is 0.570. The van der Waals surface area contributed by atoms with Gasteiger partial charge in [-0.1, -0.05) is 30.3 Å².